The van der Waals surface area contributed by atoms with E-state index >= 15 is 0 Å². The molecule has 0 spiro atoms. The average Bonchev–Trinajstić information content (AvgIpc) is 2.98. The van der Waals surface area contributed by atoms with Gasteiger partial charge in [-0.1, -0.05) is 6.42 Å². The molecule has 2 saturated heterocycles. The third kappa shape index (κ3) is 3.06. The van der Waals surface area contributed by atoms with E-state index in [4.69, 9.17) is 5.73 Å². The maximum absolute atomic E-state index is 6.10. The molecule has 0 aromatic heterocycles. The maximum atomic E-state index is 6.10. The normalized spacial score (nSPS) is 39.5. The van der Waals surface area contributed by atoms with Crippen molar-refractivity contribution in [3.8, 4) is 0 Å². The van der Waals surface area contributed by atoms with Crippen molar-refractivity contribution in [3.63, 3.8) is 0 Å². The van der Waals surface area contributed by atoms with Crippen molar-refractivity contribution in [1.82, 2.24) is 9.80 Å². The van der Waals surface area contributed by atoms with E-state index in [2.05, 4.69) is 9.80 Å². The van der Waals surface area contributed by atoms with Crippen LogP contribution in [0.1, 0.15) is 44.9 Å². The molecule has 3 fully saturated rings. The summed E-state index contributed by atoms with van der Waals surface area (Å²) >= 11 is 0. The average molecular weight is 251 g/mol. The van der Waals surface area contributed by atoms with Gasteiger partial charge in [-0.3, -0.25) is 4.90 Å². The van der Waals surface area contributed by atoms with Gasteiger partial charge in [-0.05, 0) is 64.1 Å². The molecule has 1 aliphatic carbocycles. The SMILES string of the molecule is NC1CCCC(CN2CCC(N3CCCC3)C2)C1. The largest absolute Gasteiger partial charge is 0.328 e. The van der Waals surface area contributed by atoms with Crippen LogP contribution < -0.4 is 5.73 Å². The highest BCUT2D eigenvalue weighted by Gasteiger charge is 2.31. The van der Waals surface area contributed by atoms with Crippen LogP contribution in [0.15, 0.2) is 0 Å². The van der Waals surface area contributed by atoms with Crippen LogP contribution in [0.2, 0.25) is 0 Å². The summed E-state index contributed by atoms with van der Waals surface area (Å²) in [6.07, 6.45) is 9.55. The lowest BCUT2D eigenvalue weighted by atomic mass is 9.86. The first-order valence-corrected chi connectivity index (χ1v) is 8.03. The van der Waals surface area contributed by atoms with Gasteiger partial charge in [-0.15, -0.1) is 0 Å². The van der Waals surface area contributed by atoms with Gasteiger partial charge in [-0.25, -0.2) is 0 Å². The molecule has 3 nitrogen and oxygen atoms in total. The van der Waals surface area contributed by atoms with Gasteiger partial charge in [0.25, 0.3) is 0 Å². The maximum Gasteiger partial charge on any atom is 0.0235 e. The molecule has 0 aromatic carbocycles. The fraction of sp³-hybridized carbons (Fsp3) is 1.00. The molecule has 3 rings (SSSR count). The Labute approximate surface area is 112 Å². The molecule has 0 bridgehead atoms. The van der Waals surface area contributed by atoms with Gasteiger partial charge in [0.05, 0.1) is 0 Å². The van der Waals surface area contributed by atoms with E-state index < -0.39 is 0 Å². The van der Waals surface area contributed by atoms with Crippen LogP contribution in [-0.2, 0) is 0 Å². The van der Waals surface area contributed by atoms with Crippen LogP contribution in [0.25, 0.3) is 0 Å². The molecule has 1 saturated carbocycles. The molecule has 2 heterocycles. The quantitative estimate of drug-likeness (QED) is 0.828. The predicted octanol–water partition coefficient (Wildman–Crippen LogP) is 1.67. The van der Waals surface area contributed by atoms with Gasteiger partial charge in [0.1, 0.15) is 0 Å². The molecule has 0 amide bonds. The summed E-state index contributed by atoms with van der Waals surface area (Å²) in [4.78, 5) is 5.44. The zero-order valence-corrected chi connectivity index (χ0v) is 11.7. The first kappa shape index (κ1) is 12.9. The van der Waals surface area contributed by atoms with Crippen LogP contribution in [0.5, 0.6) is 0 Å². The van der Waals surface area contributed by atoms with Crippen molar-refractivity contribution < 1.29 is 0 Å². The lowest BCUT2D eigenvalue weighted by molar-refractivity contribution is 0.196. The Balaban J connectivity index is 1.44. The Morgan fingerprint density at radius 1 is 0.944 bits per heavy atom. The summed E-state index contributed by atoms with van der Waals surface area (Å²) in [6, 6.07) is 1.35. The summed E-state index contributed by atoms with van der Waals surface area (Å²) < 4.78 is 0. The van der Waals surface area contributed by atoms with Crippen molar-refractivity contribution >= 4 is 0 Å². The minimum Gasteiger partial charge on any atom is -0.328 e. The third-order valence-electron chi connectivity index (χ3n) is 5.24. The monoisotopic (exact) mass is 251 g/mol. The van der Waals surface area contributed by atoms with Gasteiger partial charge in [0, 0.05) is 25.2 Å². The van der Waals surface area contributed by atoms with Gasteiger partial charge in [0.2, 0.25) is 0 Å². The first-order valence-electron chi connectivity index (χ1n) is 8.03. The van der Waals surface area contributed by atoms with Crippen molar-refractivity contribution in [2.45, 2.75) is 57.0 Å². The van der Waals surface area contributed by atoms with E-state index in [1.54, 1.807) is 0 Å². The zero-order chi connectivity index (χ0) is 12.4. The van der Waals surface area contributed by atoms with E-state index in [-0.39, 0.29) is 0 Å². The highest BCUT2D eigenvalue weighted by molar-refractivity contribution is 4.87. The predicted molar refractivity (Wildman–Crippen MR) is 75.6 cm³/mol. The molecule has 104 valence electrons. The molecule has 3 aliphatic rings. The molecule has 2 N–H and O–H groups in total. The second-order valence-electron chi connectivity index (χ2n) is 6.74. The lowest BCUT2D eigenvalue weighted by Gasteiger charge is -2.30. The molecule has 0 radical (unpaired) electrons. The van der Waals surface area contributed by atoms with E-state index in [1.165, 1.54) is 77.7 Å². The summed E-state index contributed by atoms with van der Waals surface area (Å²) in [5, 5.41) is 0. The fourth-order valence-electron chi connectivity index (χ4n) is 4.25. The highest BCUT2D eigenvalue weighted by atomic mass is 15.3. The van der Waals surface area contributed by atoms with Crippen LogP contribution in [0, 0.1) is 5.92 Å². The number of likely N-dealkylation sites (tertiary alicyclic amines) is 2. The molecule has 3 unspecified atom stereocenters. The summed E-state index contributed by atoms with van der Waals surface area (Å²) in [5.41, 5.74) is 6.10. The minimum absolute atomic E-state index is 0.487. The van der Waals surface area contributed by atoms with Crippen LogP contribution in [0.4, 0.5) is 0 Å². The Kier molecular flexibility index (Phi) is 4.22. The van der Waals surface area contributed by atoms with Gasteiger partial charge >= 0.3 is 0 Å². The highest BCUT2D eigenvalue weighted by Crippen LogP contribution is 2.26. The van der Waals surface area contributed by atoms with Crippen LogP contribution >= 0.6 is 0 Å². The Bertz CT molecular complexity index is 262. The second-order valence-corrected chi connectivity index (χ2v) is 6.74. The molecule has 18 heavy (non-hydrogen) atoms. The number of hydrogen-bond acceptors (Lipinski definition) is 3. The first-order chi connectivity index (χ1) is 8.81. The van der Waals surface area contributed by atoms with Gasteiger partial charge in [-0.2, -0.15) is 0 Å². The van der Waals surface area contributed by atoms with E-state index in [0.717, 1.165) is 12.0 Å². The number of hydrogen-bond donors (Lipinski definition) is 1. The third-order valence-corrected chi connectivity index (χ3v) is 5.24. The molecule has 0 aromatic rings. The zero-order valence-electron chi connectivity index (χ0n) is 11.7. The summed E-state index contributed by atoms with van der Waals surface area (Å²) in [6.45, 7) is 6.68. The van der Waals surface area contributed by atoms with Crippen molar-refractivity contribution in [2.24, 2.45) is 11.7 Å². The lowest BCUT2D eigenvalue weighted by Crippen LogP contribution is -2.38. The topological polar surface area (TPSA) is 32.5 Å². The van der Waals surface area contributed by atoms with Crippen molar-refractivity contribution in [3.05, 3.63) is 0 Å². The van der Waals surface area contributed by atoms with E-state index in [0.29, 0.717) is 6.04 Å². The van der Waals surface area contributed by atoms with E-state index in [9.17, 15) is 0 Å². The molecular formula is C15H29N3. The summed E-state index contributed by atoms with van der Waals surface area (Å²) in [7, 11) is 0. The van der Waals surface area contributed by atoms with Crippen molar-refractivity contribution in [2.75, 3.05) is 32.7 Å². The molecule has 3 heteroatoms. The second kappa shape index (κ2) is 5.89. The standard InChI is InChI=1S/C15H29N3/c16-14-5-3-4-13(10-14)11-17-9-6-15(12-17)18-7-1-2-8-18/h13-15H,1-12,16H2. The molecule has 2 aliphatic heterocycles. The van der Waals surface area contributed by atoms with Gasteiger partial charge < -0.3 is 10.6 Å². The molecular weight excluding hydrogens is 222 g/mol. The molecule has 3 atom stereocenters. The number of rotatable bonds is 3. The smallest absolute Gasteiger partial charge is 0.0235 e. The Morgan fingerprint density at radius 2 is 1.78 bits per heavy atom. The number of nitrogens with two attached hydrogens (primary N) is 1. The van der Waals surface area contributed by atoms with Crippen LogP contribution in [-0.4, -0.2) is 54.6 Å². The van der Waals surface area contributed by atoms with Crippen LogP contribution in [0.3, 0.4) is 0 Å². The van der Waals surface area contributed by atoms with Crippen molar-refractivity contribution in [1.29, 1.82) is 0 Å². The van der Waals surface area contributed by atoms with E-state index in [1.807, 2.05) is 0 Å². The minimum atomic E-state index is 0.487. The number of nitrogens with zero attached hydrogens (tertiary/aromatic N) is 2. The summed E-state index contributed by atoms with van der Waals surface area (Å²) in [5.74, 6) is 0.881. The fourth-order valence-corrected chi connectivity index (χ4v) is 4.25. The van der Waals surface area contributed by atoms with Gasteiger partial charge in [0.15, 0.2) is 0 Å². The Hall–Kier alpha value is -0.120. The Morgan fingerprint density at radius 3 is 2.56 bits per heavy atom.